The zero-order valence-electron chi connectivity index (χ0n) is 17.8. The van der Waals surface area contributed by atoms with Gasteiger partial charge >= 0.3 is 11.9 Å². The lowest BCUT2D eigenvalue weighted by Crippen LogP contribution is -2.21. The molecule has 31 heavy (non-hydrogen) atoms. The second-order valence-corrected chi connectivity index (χ2v) is 7.54. The third-order valence-corrected chi connectivity index (χ3v) is 5.51. The Hall–Kier alpha value is -3.22. The number of hydrogen-bond donors (Lipinski definition) is 0. The van der Waals surface area contributed by atoms with Crippen LogP contribution in [0.25, 0.3) is 11.1 Å². The Bertz CT molecular complexity index is 976. The Morgan fingerprint density at radius 2 is 1.84 bits per heavy atom. The second kappa shape index (κ2) is 9.29. The smallest absolute Gasteiger partial charge is 0.344 e. The predicted octanol–water partition coefficient (Wildman–Crippen LogP) is 4.30. The molecule has 1 saturated carbocycles. The highest BCUT2D eigenvalue weighted by Crippen LogP contribution is 2.45. The first-order chi connectivity index (χ1) is 15.1. The summed E-state index contributed by atoms with van der Waals surface area (Å²) in [6.45, 7) is 2.27. The molecule has 0 radical (unpaired) electrons. The predicted molar refractivity (Wildman–Crippen MR) is 113 cm³/mol. The molecule has 0 N–H and O–H groups in total. The van der Waals surface area contributed by atoms with Crippen molar-refractivity contribution in [2.45, 2.75) is 45.3 Å². The third-order valence-electron chi connectivity index (χ3n) is 5.51. The molecule has 0 bridgehead atoms. The minimum atomic E-state index is -0.406. The van der Waals surface area contributed by atoms with Crippen molar-refractivity contribution < 1.29 is 33.3 Å². The van der Waals surface area contributed by atoms with Gasteiger partial charge in [0.05, 0.1) is 19.3 Å². The van der Waals surface area contributed by atoms with Crippen LogP contribution in [0.3, 0.4) is 0 Å². The molecule has 2 aromatic rings. The molecule has 1 heterocycles. The Labute approximate surface area is 181 Å². The SMILES string of the molecule is CCOc1c(OC)ccc(-c2ccc3c(c2)COC3=O)c1OCC(=O)OC1CCCC1. The number of ether oxygens (including phenoxy) is 5. The Morgan fingerprint density at radius 3 is 2.58 bits per heavy atom. The lowest BCUT2D eigenvalue weighted by atomic mass is 9.99. The summed E-state index contributed by atoms with van der Waals surface area (Å²) in [7, 11) is 1.55. The van der Waals surface area contributed by atoms with Crippen LogP contribution >= 0.6 is 0 Å². The molecule has 2 aliphatic rings. The molecule has 0 saturated heterocycles. The number of hydrogen-bond acceptors (Lipinski definition) is 7. The van der Waals surface area contributed by atoms with Crippen molar-refractivity contribution in [3.8, 4) is 28.4 Å². The van der Waals surface area contributed by atoms with E-state index in [1.165, 1.54) is 0 Å². The van der Waals surface area contributed by atoms with Crippen LogP contribution in [0.1, 0.15) is 48.5 Å². The Balaban J connectivity index is 1.65. The zero-order chi connectivity index (χ0) is 21.8. The van der Waals surface area contributed by atoms with E-state index in [9.17, 15) is 9.59 Å². The first kappa shape index (κ1) is 21.0. The van der Waals surface area contributed by atoms with Crippen molar-refractivity contribution >= 4 is 11.9 Å². The summed E-state index contributed by atoms with van der Waals surface area (Å²) in [5.74, 6) is 0.594. The molecule has 0 spiro atoms. The quantitative estimate of drug-likeness (QED) is 0.582. The Kier molecular flexibility index (Phi) is 6.30. The number of carbonyl (C=O) groups is 2. The normalized spacial score (nSPS) is 15.4. The van der Waals surface area contributed by atoms with Gasteiger partial charge in [-0.2, -0.15) is 0 Å². The van der Waals surface area contributed by atoms with Crippen LogP contribution in [0.5, 0.6) is 17.2 Å². The third kappa shape index (κ3) is 4.45. The van der Waals surface area contributed by atoms with E-state index in [-0.39, 0.29) is 25.3 Å². The van der Waals surface area contributed by atoms with E-state index in [0.717, 1.165) is 42.4 Å². The highest BCUT2D eigenvalue weighted by molar-refractivity contribution is 5.94. The fourth-order valence-corrected chi connectivity index (χ4v) is 4.02. The number of benzene rings is 2. The molecule has 7 nitrogen and oxygen atoms in total. The van der Waals surface area contributed by atoms with Gasteiger partial charge in [-0.3, -0.25) is 0 Å². The molecule has 7 heteroatoms. The van der Waals surface area contributed by atoms with Crippen molar-refractivity contribution in [1.29, 1.82) is 0 Å². The van der Waals surface area contributed by atoms with Crippen LogP contribution in [-0.4, -0.2) is 38.4 Å². The van der Waals surface area contributed by atoms with Crippen molar-refractivity contribution in [2.24, 2.45) is 0 Å². The molecule has 1 fully saturated rings. The van der Waals surface area contributed by atoms with E-state index in [4.69, 9.17) is 23.7 Å². The summed E-state index contributed by atoms with van der Waals surface area (Å²) >= 11 is 0. The highest BCUT2D eigenvalue weighted by Gasteiger charge is 2.25. The zero-order valence-corrected chi connectivity index (χ0v) is 17.8. The van der Waals surface area contributed by atoms with E-state index < -0.39 is 5.97 Å². The van der Waals surface area contributed by atoms with Gasteiger partial charge in [-0.15, -0.1) is 0 Å². The maximum Gasteiger partial charge on any atom is 0.344 e. The van der Waals surface area contributed by atoms with E-state index in [1.807, 2.05) is 25.1 Å². The van der Waals surface area contributed by atoms with Gasteiger partial charge in [-0.1, -0.05) is 6.07 Å². The second-order valence-electron chi connectivity index (χ2n) is 7.54. The topological polar surface area (TPSA) is 80.3 Å². The number of methoxy groups -OCH3 is 1. The van der Waals surface area contributed by atoms with Gasteiger partial charge in [-0.25, -0.2) is 9.59 Å². The Morgan fingerprint density at radius 1 is 1.06 bits per heavy atom. The number of carbonyl (C=O) groups excluding carboxylic acids is 2. The van der Waals surface area contributed by atoms with Crippen LogP contribution in [0.15, 0.2) is 30.3 Å². The van der Waals surface area contributed by atoms with Crippen molar-refractivity contribution in [2.75, 3.05) is 20.3 Å². The molecule has 1 aliphatic carbocycles. The van der Waals surface area contributed by atoms with Gasteiger partial charge in [0.15, 0.2) is 18.1 Å². The molecule has 0 unspecified atom stereocenters. The van der Waals surface area contributed by atoms with Crippen LogP contribution in [0.2, 0.25) is 0 Å². The maximum atomic E-state index is 12.4. The number of esters is 2. The minimum Gasteiger partial charge on any atom is -0.493 e. The molecule has 2 aromatic carbocycles. The fraction of sp³-hybridized carbons (Fsp3) is 0.417. The van der Waals surface area contributed by atoms with Crippen LogP contribution in [0, 0.1) is 0 Å². The van der Waals surface area contributed by atoms with E-state index in [2.05, 4.69) is 0 Å². The van der Waals surface area contributed by atoms with Gasteiger partial charge < -0.3 is 23.7 Å². The summed E-state index contributed by atoms with van der Waals surface area (Å²) in [5.41, 5.74) is 2.91. The monoisotopic (exact) mass is 426 g/mol. The van der Waals surface area contributed by atoms with Gasteiger partial charge in [-0.05, 0) is 62.4 Å². The van der Waals surface area contributed by atoms with Gasteiger partial charge in [0.2, 0.25) is 5.75 Å². The molecule has 4 rings (SSSR count). The molecule has 1 aliphatic heterocycles. The van der Waals surface area contributed by atoms with E-state index in [0.29, 0.717) is 29.4 Å². The highest BCUT2D eigenvalue weighted by atomic mass is 16.6. The molecule has 164 valence electrons. The van der Waals surface area contributed by atoms with E-state index >= 15 is 0 Å². The number of cyclic esters (lactones) is 1. The van der Waals surface area contributed by atoms with Crippen molar-refractivity contribution in [3.63, 3.8) is 0 Å². The lowest BCUT2D eigenvalue weighted by Gasteiger charge is -2.19. The van der Waals surface area contributed by atoms with Crippen LogP contribution in [0.4, 0.5) is 0 Å². The summed E-state index contributed by atoms with van der Waals surface area (Å²) in [4.78, 5) is 24.1. The fourth-order valence-electron chi connectivity index (χ4n) is 4.02. The van der Waals surface area contributed by atoms with Crippen molar-refractivity contribution in [1.82, 2.24) is 0 Å². The molecular weight excluding hydrogens is 400 g/mol. The van der Waals surface area contributed by atoms with Crippen LogP contribution < -0.4 is 14.2 Å². The standard InChI is InChI=1S/C24H26O7/c1-3-28-23-20(27-2)11-10-18(15-8-9-19-16(12-15)13-30-24(19)26)22(23)29-14-21(25)31-17-6-4-5-7-17/h8-12,17H,3-7,13-14H2,1-2H3. The summed E-state index contributed by atoms with van der Waals surface area (Å²) in [5, 5.41) is 0. The minimum absolute atomic E-state index is 0.0264. The first-order valence-electron chi connectivity index (χ1n) is 10.6. The molecule has 0 amide bonds. The summed E-state index contributed by atoms with van der Waals surface area (Å²) < 4.78 is 27.8. The lowest BCUT2D eigenvalue weighted by molar-refractivity contribution is -0.151. The van der Waals surface area contributed by atoms with E-state index in [1.54, 1.807) is 19.2 Å². The summed E-state index contributed by atoms with van der Waals surface area (Å²) in [6.07, 6.45) is 3.93. The number of fused-ring (bicyclic) bond motifs is 1. The van der Waals surface area contributed by atoms with Gasteiger partial charge in [0.25, 0.3) is 0 Å². The van der Waals surface area contributed by atoms with Crippen molar-refractivity contribution in [3.05, 3.63) is 41.5 Å². The van der Waals surface area contributed by atoms with Gasteiger partial charge in [0.1, 0.15) is 12.7 Å². The average Bonchev–Trinajstić information content (AvgIpc) is 3.42. The number of rotatable bonds is 8. The largest absolute Gasteiger partial charge is 0.493 e. The molecular formula is C24H26O7. The van der Waals surface area contributed by atoms with Gasteiger partial charge in [0, 0.05) is 11.1 Å². The molecule has 0 aromatic heterocycles. The first-order valence-corrected chi connectivity index (χ1v) is 10.6. The molecule has 0 atom stereocenters. The maximum absolute atomic E-state index is 12.4. The summed E-state index contributed by atoms with van der Waals surface area (Å²) in [6, 6.07) is 9.09. The van der Waals surface area contributed by atoms with Crippen LogP contribution in [-0.2, 0) is 20.9 Å². The average molecular weight is 426 g/mol.